The minimum atomic E-state index is -4.43. The van der Waals surface area contributed by atoms with Gasteiger partial charge in [-0.2, -0.15) is 0 Å². The van der Waals surface area contributed by atoms with Crippen molar-refractivity contribution < 1.29 is 27.4 Å². The van der Waals surface area contributed by atoms with E-state index in [2.05, 4.69) is 26.5 Å². The highest BCUT2D eigenvalue weighted by Gasteiger charge is 2.29. The van der Waals surface area contributed by atoms with E-state index < -0.39 is 26.8 Å². The van der Waals surface area contributed by atoms with Crippen LogP contribution in [0.5, 0.6) is 11.5 Å². The molecule has 0 saturated heterocycles. The molecule has 0 aliphatic carbocycles. The first-order valence-electron chi connectivity index (χ1n) is 10.9. The molecular formula is C25H24FN5O5S. The molecular weight excluding hydrogens is 501 g/mol. The molecule has 192 valence electrons. The van der Waals surface area contributed by atoms with Gasteiger partial charge in [-0.25, -0.2) is 22.5 Å². The van der Waals surface area contributed by atoms with Crippen molar-refractivity contribution in [3.63, 3.8) is 0 Å². The van der Waals surface area contributed by atoms with Crippen LogP contribution >= 0.6 is 0 Å². The Balaban J connectivity index is 1.84. The average molecular weight is 526 g/mol. The number of nitrogens with one attached hydrogen (secondary N) is 1. The number of ether oxygens (including phenoxy) is 2. The van der Waals surface area contributed by atoms with Crippen molar-refractivity contribution in [1.29, 1.82) is 0 Å². The van der Waals surface area contributed by atoms with Crippen LogP contribution in [0.25, 0.3) is 17.2 Å². The number of pyridine rings is 1. The van der Waals surface area contributed by atoms with Gasteiger partial charge in [-0.3, -0.25) is 4.57 Å². The van der Waals surface area contributed by atoms with E-state index in [4.69, 9.17) is 9.47 Å². The predicted octanol–water partition coefficient (Wildman–Crippen LogP) is 3.78. The minimum absolute atomic E-state index is 0.147. The molecule has 12 heteroatoms. The van der Waals surface area contributed by atoms with Crippen LogP contribution in [0.2, 0.25) is 0 Å². The van der Waals surface area contributed by atoms with Crippen molar-refractivity contribution in [2.24, 2.45) is 0 Å². The first kappa shape index (κ1) is 25.8. The summed E-state index contributed by atoms with van der Waals surface area (Å²) in [6.07, 6.45) is -1.63. The number of hydrogen-bond donors (Lipinski definition) is 2. The standard InChI is InChI=1S/C25H24FN5O5S/c1-15-7-5-8-19(27-15)24-28-29-25(31(24)22-20(35-3)9-6-10-21(22)36-4)30-37(33,34)16(2)23(32)17-11-13-18(26)14-12-17/h5-14,23,32H,2H2,1,3-4H3,(H,29,30)/t23-/m0/s1. The van der Waals surface area contributed by atoms with Gasteiger partial charge in [-0.05, 0) is 48.9 Å². The van der Waals surface area contributed by atoms with Gasteiger partial charge in [0.15, 0.2) is 5.82 Å². The second-order valence-corrected chi connectivity index (χ2v) is 9.62. The van der Waals surface area contributed by atoms with Gasteiger partial charge < -0.3 is 14.6 Å². The van der Waals surface area contributed by atoms with Crippen LogP contribution in [-0.4, -0.2) is 47.5 Å². The van der Waals surface area contributed by atoms with E-state index >= 15 is 0 Å². The zero-order valence-electron chi connectivity index (χ0n) is 20.2. The Hall–Kier alpha value is -4.29. The van der Waals surface area contributed by atoms with Crippen LogP contribution in [0.1, 0.15) is 17.4 Å². The average Bonchev–Trinajstić information content (AvgIpc) is 3.29. The van der Waals surface area contributed by atoms with Crippen LogP contribution in [0.15, 0.2) is 72.1 Å². The highest BCUT2D eigenvalue weighted by molar-refractivity contribution is 7.96. The van der Waals surface area contributed by atoms with Crippen molar-refractivity contribution in [1.82, 2.24) is 19.7 Å². The van der Waals surface area contributed by atoms with Crippen LogP contribution in [0.3, 0.4) is 0 Å². The lowest BCUT2D eigenvalue weighted by Crippen LogP contribution is -2.21. The van der Waals surface area contributed by atoms with Gasteiger partial charge in [-0.1, -0.05) is 30.8 Å². The maximum Gasteiger partial charge on any atom is 0.262 e. The van der Waals surface area contributed by atoms with Gasteiger partial charge in [0.05, 0.1) is 19.1 Å². The third-order valence-corrected chi connectivity index (χ3v) is 6.83. The maximum atomic E-state index is 13.3. The molecule has 0 spiro atoms. The lowest BCUT2D eigenvalue weighted by atomic mass is 10.1. The lowest BCUT2D eigenvalue weighted by Gasteiger charge is -2.19. The predicted molar refractivity (Wildman–Crippen MR) is 135 cm³/mol. The Labute approximate surface area is 213 Å². The van der Waals surface area contributed by atoms with Crippen LogP contribution < -0.4 is 14.2 Å². The molecule has 1 atom stereocenters. The molecule has 0 saturated carbocycles. The lowest BCUT2D eigenvalue weighted by molar-refractivity contribution is 0.223. The molecule has 0 amide bonds. The summed E-state index contributed by atoms with van der Waals surface area (Å²) in [6, 6.07) is 15.1. The van der Waals surface area contributed by atoms with E-state index in [9.17, 15) is 17.9 Å². The number of aliphatic hydroxyl groups is 1. The largest absolute Gasteiger partial charge is 0.494 e. The zero-order valence-corrected chi connectivity index (χ0v) is 21.0. The summed E-state index contributed by atoms with van der Waals surface area (Å²) in [5, 5.41) is 18.9. The van der Waals surface area contributed by atoms with Gasteiger partial charge in [0.25, 0.3) is 10.0 Å². The van der Waals surface area contributed by atoms with Gasteiger partial charge in [-0.15, -0.1) is 10.2 Å². The fraction of sp³-hybridized carbons (Fsp3) is 0.160. The number of halogens is 1. The Morgan fingerprint density at radius 3 is 2.24 bits per heavy atom. The van der Waals surface area contributed by atoms with E-state index in [0.717, 1.165) is 12.1 Å². The van der Waals surface area contributed by atoms with E-state index in [1.807, 2.05) is 0 Å². The van der Waals surface area contributed by atoms with Crippen molar-refractivity contribution in [2.75, 3.05) is 18.9 Å². The molecule has 2 heterocycles. The normalized spacial score (nSPS) is 12.1. The molecule has 0 fully saturated rings. The Bertz CT molecular complexity index is 1530. The van der Waals surface area contributed by atoms with E-state index in [1.165, 1.54) is 30.9 Å². The number of aryl methyl sites for hydroxylation is 1. The molecule has 0 unspecified atom stereocenters. The van der Waals surface area contributed by atoms with Gasteiger partial charge in [0.2, 0.25) is 5.95 Å². The van der Waals surface area contributed by atoms with Gasteiger partial charge in [0, 0.05) is 5.69 Å². The summed E-state index contributed by atoms with van der Waals surface area (Å²) < 4.78 is 54.6. The molecule has 37 heavy (non-hydrogen) atoms. The molecule has 2 aromatic carbocycles. The Morgan fingerprint density at radius 1 is 1.03 bits per heavy atom. The first-order valence-corrected chi connectivity index (χ1v) is 12.4. The molecule has 2 aromatic heterocycles. The van der Waals surface area contributed by atoms with Crippen molar-refractivity contribution in [3.8, 4) is 28.7 Å². The smallest absolute Gasteiger partial charge is 0.262 e. The van der Waals surface area contributed by atoms with Crippen molar-refractivity contribution in [2.45, 2.75) is 13.0 Å². The summed E-state index contributed by atoms with van der Waals surface area (Å²) in [6.45, 7) is 5.36. The Morgan fingerprint density at radius 2 is 1.65 bits per heavy atom. The third-order valence-electron chi connectivity index (χ3n) is 5.47. The highest BCUT2D eigenvalue weighted by atomic mass is 32.2. The summed E-state index contributed by atoms with van der Waals surface area (Å²) in [4.78, 5) is 3.92. The number of aromatic nitrogens is 4. The second-order valence-electron chi connectivity index (χ2n) is 7.88. The molecule has 0 aliphatic heterocycles. The summed E-state index contributed by atoms with van der Waals surface area (Å²) in [5.41, 5.74) is 1.58. The minimum Gasteiger partial charge on any atom is -0.494 e. The second kappa shape index (κ2) is 10.4. The number of aliphatic hydroxyl groups excluding tert-OH is 1. The quantitative estimate of drug-likeness (QED) is 0.338. The Kier molecular flexibility index (Phi) is 7.23. The zero-order chi connectivity index (χ0) is 26.7. The number of nitrogens with zero attached hydrogens (tertiary/aromatic N) is 4. The van der Waals surface area contributed by atoms with Crippen LogP contribution in [0.4, 0.5) is 10.3 Å². The van der Waals surface area contributed by atoms with E-state index in [-0.39, 0.29) is 17.3 Å². The number of para-hydroxylation sites is 1. The molecule has 4 aromatic rings. The van der Waals surface area contributed by atoms with E-state index in [1.54, 1.807) is 43.3 Å². The molecule has 0 bridgehead atoms. The maximum absolute atomic E-state index is 13.3. The van der Waals surface area contributed by atoms with Crippen molar-refractivity contribution in [3.05, 3.63) is 89.2 Å². The molecule has 2 N–H and O–H groups in total. The van der Waals surface area contributed by atoms with Gasteiger partial charge >= 0.3 is 0 Å². The fourth-order valence-corrected chi connectivity index (χ4v) is 4.54. The number of anilines is 1. The molecule has 4 rings (SSSR count). The number of sulfonamides is 1. The highest BCUT2D eigenvalue weighted by Crippen LogP contribution is 2.38. The third kappa shape index (κ3) is 5.15. The number of hydrogen-bond acceptors (Lipinski definition) is 8. The van der Waals surface area contributed by atoms with E-state index in [0.29, 0.717) is 28.6 Å². The number of benzene rings is 2. The fourth-order valence-electron chi connectivity index (χ4n) is 3.61. The van der Waals surface area contributed by atoms with Crippen LogP contribution in [0, 0.1) is 12.7 Å². The van der Waals surface area contributed by atoms with Crippen LogP contribution in [-0.2, 0) is 10.0 Å². The molecule has 0 radical (unpaired) electrons. The number of rotatable bonds is 9. The SMILES string of the molecule is C=C([C@H](O)c1ccc(F)cc1)S(=O)(=O)Nc1nnc(-c2cccc(C)n2)n1-c1c(OC)cccc1OC. The topological polar surface area (TPSA) is 128 Å². The summed E-state index contributed by atoms with van der Waals surface area (Å²) >= 11 is 0. The number of methoxy groups -OCH3 is 2. The van der Waals surface area contributed by atoms with Gasteiger partial charge in [0.1, 0.15) is 34.8 Å². The van der Waals surface area contributed by atoms with Crippen molar-refractivity contribution >= 4 is 16.0 Å². The molecule has 10 nitrogen and oxygen atoms in total. The summed E-state index contributed by atoms with van der Waals surface area (Å²) in [5.74, 6) is 0.137. The first-order chi connectivity index (χ1) is 17.7. The molecule has 0 aliphatic rings. The summed E-state index contributed by atoms with van der Waals surface area (Å²) in [7, 11) is -1.52. The monoisotopic (exact) mass is 525 g/mol.